The maximum absolute atomic E-state index is 2.41. The minimum atomic E-state index is 0.830. The Morgan fingerprint density at radius 2 is 1.62 bits per heavy atom. The molecule has 0 atom stereocenters. The Morgan fingerprint density at radius 1 is 1.08 bits per heavy atom. The highest BCUT2D eigenvalue weighted by molar-refractivity contribution is 4.66. The van der Waals surface area contributed by atoms with Gasteiger partial charge in [0.05, 0.1) is 26.7 Å². The Bertz CT molecular complexity index is 143. The van der Waals surface area contributed by atoms with E-state index in [0.29, 0.717) is 0 Å². The van der Waals surface area contributed by atoms with Gasteiger partial charge in [0.25, 0.3) is 0 Å². The van der Waals surface area contributed by atoms with Gasteiger partial charge in [-0.05, 0) is 25.7 Å². The lowest BCUT2D eigenvalue weighted by molar-refractivity contribution is -0.919. The first-order valence-electron chi connectivity index (χ1n) is 5.85. The van der Waals surface area contributed by atoms with E-state index < -0.39 is 0 Å². The van der Waals surface area contributed by atoms with Gasteiger partial charge in [-0.25, -0.2) is 0 Å². The highest BCUT2D eigenvalue weighted by Gasteiger charge is 2.29. The van der Waals surface area contributed by atoms with Crippen molar-refractivity contribution in [1.29, 1.82) is 0 Å². The highest BCUT2D eigenvalue weighted by atomic mass is 15.3. The second-order valence-electron chi connectivity index (χ2n) is 5.65. The van der Waals surface area contributed by atoms with Gasteiger partial charge in [0, 0.05) is 5.92 Å². The molecule has 0 spiro atoms. The zero-order chi connectivity index (χ0) is 9.90. The molecule has 0 aromatic carbocycles. The largest absolute Gasteiger partial charge is 0.326 e. The molecule has 13 heavy (non-hydrogen) atoms. The standard InChI is InChI=1S/C12H26N/c1-11(2)10-13(3,4)12-8-6-5-7-9-12/h11-12H,5-10H2,1-4H3/q+1. The van der Waals surface area contributed by atoms with E-state index in [4.69, 9.17) is 0 Å². The van der Waals surface area contributed by atoms with Gasteiger partial charge in [-0.1, -0.05) is 20.3 Å². The van der Waals surface area contributed by atoms with Crippen LogP contribution in [-0.4, -0.2) is 31.2 Å². The normalized spacial score (nSPS) is 21.0. The summed E-state index contributed by atoms with van der Waals surface area (Å²) in [6.07, 6.45) is 7.31. The molecule has 0 N–H and O–H groups in total. The molecular weight excluding hydrogens is 158 g/mol. The summed E-state index contributed by atoms with van der Waals surface area (Å²) in [7, 11) is 4.83. The molecule has 0 radical (unpaired) electrons. The molecule has 1 nitrogen and oxygen atoms in total. The summed E-state index contributed by atoms with van der Waals surface area (Å²) >= 11 is 0. The van der Waals surface area contributed by atoms with Crippen molar-refractivity contribution >= 4 is 0 Å². The van der Waals surface area contributed by atoms with Crippen LogP contribution in [0.5, 0.6) is 0 Å². The molecule has 1 fully saturated rings. The molecule has 0 aliphatic heterocycles. The monoisotopic (exact) mass is 184 g/mol. The van der Waals surface area contributed by atoms with Gasteiger partial charge < -0.3 is 4.48 Å². The first kappa shape index (κ1) is 11.0. The van der Waals surface area contributed by atoms with Crippen LogP contribution in [0.3, 0.4) is 0 Å². The van der Waals surface area contributed by atoms with Crippen molar-refractivity contribution in [2.75, 3.05) is 20.6 Å². The number of hydrogen-bond acceptors (Lipinski definition) is 0. The Hall–Kier alpha value is -0.0400. The van der Waals surface area contributed by atoms with E-state index in [-0.39, 0.29) is 0 Å². The second kappa shape index (κ2) is 4.45. The van der Waals surface area contributed by atoms with Crippen LogP contribution in [0.15, 0.2) is 0 Å². The van der Waals surface area contributed by atoms with Gasteiger partial charge in [-0.2, -0.15) is 0 Å². The van der Waals surface area contributed by atoms with Crippen molar-refractivity contribution in [2.45, 2.75) is 52.0 Å². The van der Waals surface area contributed by atoms with Gasteiger partial charge in [0.2, 0.25) is 0 Å². The summed E-state index contributed by atoms with van der Waals surface area (Å²) in [5, 5.41) is 0. The first-order chi connectivity index (χ1) is 6.02. The maximum atomic E-state index is 2.41. The Morgan fingerprint density at radius 3 is 2.08 bits per heavy atom. The quantitative estimate of drug-likeness (QED) is 0.591. The van der Waals surface area contributed by atoms with Crippen molar-refractivity contribution in [3.63, 3.8) is 0 Å². The van der Waals surface area contributed by atoms with Gasteiger partial charge in [0.1, 0.15) is 0 Å². The van der Waals surface area contributed by atoms with E-state index >= 15 is 0 Å². The predicted octanol–water partition coefficient (Wildman–Crippen LogP) is 3.05. The zero-order valence-electron chi connectivity index (χ0n) is 9.84. The molecule has 0 amide bonds. The number of hydrogen-bond donors (Lipinski definition) is 0. The summed E-state index contributed by atoms with van der Waals surface area (Å²) < 4.78 is 1.25. The minimum Gasteiger partial charge on any atom is -0.326 e. The van der Waals surface area contributed by atoms with E-state index in [0.717, 1.165) is 12.0 Å². The van der Waals surface area contributed by atoms with Crippen LogP contribution in [0.2, 0.25) is 0 Å². The topological polar surface area (TPSA) is 0 Å². The van der Waals surface area contributed by atoms with Crippen LogP contribution in [0.25, 0.3) is 0 Å². The Kier molecular flexibility index (Phi) is 3.78. The van der Waals surface area contributed by atoms with Crippen LogP contribution in [0.4, 0.5) is 0 Å². The fourth-order valence-corrected chi connectivity index (χ4v) is 2.87. The molecular formula is C12H26N+. The Balaban J connectivity index is 2.45. The van der Waals surface area contributed by atoms with E-state index in [1.54, 1.807) is 0 Å². The van der Waals surface area contributed by atoms with Gasteiger partial charge >= 0.3 is 0 Å². The highest BCUT2D eigenvalue weighted by Crippen LogP contribution is 2.26. The average Bonchev–Trinajstić information content (AvgIpc) is 2.04. The van der Waals surface area contributed by atoms with Crippen LogP contribution < -0.4 is 0 Å². The summed E-state index contributed by atoms with van der Waals surface area (Å²) in [4.78, 5) is 0. The van der Waals surface area contributed by atoms with Gasteiger partial charge in [-0.15, -0.1) is 0 Å². The first-order valence-corrected chi connectivity index (χ1v) is 5.85. The summed E-state index contributed by atoms with van der Waals surface area (Å²) in [6.45, 7) is 6.01. The second-order valence-corrected chi connectivity index (χ2v) is 5.65. The average molecular weight is 184 g/mol. The molecule has 0 aromatic rings. The lowest BCUT2D eigenvalue weighted by Gasteiger charge is -2.41. The third-order valence-electron chi connectivity index (χ3n) is 3.40. The Labute approximate surface area is 83.7 Å². The summed E-state index contributed by atoms with van der Waals surface area (Å²) in [5.74, 6) is 0.830. The summed E-state index contributed by atoms with van der Waals surface area (Å²) in [5.41, 5.74) is 0. The zero-order valence-corrected chi connectivity index (χ0v) is 9.84. The van der Waals surface area contributed by atoms with E-state index in [2.05, 4.69) is 27.9 Å². The van der Waals surface area contributed by atoms with Crippen LogP contribution in [0.1, 0.15) is 46.0 Å². The molecule has 0 saturated heterocycles. The van der Waals surface area contributed by atoms with Crippen molar-refractivity contribution in [3.8, 4) is 0 Å². The number of rotatable bonds is 3. The van der Waals surface area contributed by atoms with Crippen LogP contribution in [0, 0.1) is 5.92 Å². The molecule has 1 rings (SSSR count). The van der Waals surface area contributed by atoms with Gasteiger partial charge in [-0.3, -0.25) is 0 Å². The van der Waals surface area contributed by atoms with Crippen molar-refractivity contribution in [1.82, 2.24) is 0 Å². The fourth-order valence-electron chi connectivity index (χ4n) is 2.87. The van der Waals surface area contributed by atoms with Gasteiger partial charge in [0.15, 0.2) is 0 Å². The number of nitrogens with zero attached hydrogens (tertiary/aromatic N) is 1. The molecule has 1 heteroatoms. The van der Waals surface area contributed by atoms with E-state index in [1.165, 1.54) is 43.1 Å². The lowest BCUT2D eigenvalue weighted by atomic mass is 9.92. The molecule has 0 unspecified atom stereocenters. The third kappa shape index (κ3) is 3.30. The van der Waals surface area contributed by atoms with E-state index in [1.807, 2.05) is 0 Å². The van der Waals surface area contributed by atoms with Crippen molar-refractivity contribution in [3.05, 3.63) is 0 Å². The molecule has 0 aromatic heterocycles. The molecule has 78 valence electrons. The predicted molar refractivity (Wildman–Crippen MR) is 58.7 cm³/mol. The smallest absolute Gasteiger partial charge is 0.0886 e. The van der Waals surface area contributed by atoms with Crippen molar-refractivity contribution in [2.24, 2.45) is 5.92 Å². The third-order valence-corrected chi connectivity index (χ3v) is 3.40. The molecule has 1 saturated carbocycles. The molecule has 1 aliphatic rings. The summed E-state index contributed by atoms with van der Waals surface area (Å²) in [6, 6.07) is 0.941. The van der Waals surface area contributed by atoms with Crippen LogP contribution >= 0.6 is 0 Å². The SMILES string of the molecule is CC(C)C[N+](C)(C)C1CCCCC1. The molecule has 0 bridgehead atoms. The number of quaternary nitrogens is 1. The lowest BCUT2D eigenvalue weighted by Crippen LogP contribution is -2.51. The molecule has 0 heterocycles. The van der Waals surface area contributed by atoms with Crippen molar-refractivity contribution < 1.29 is 4.48 Å². The molecule has 1 aliphatic carbocycles. The maximum Gasteiger partial charge on any atom is 0.0886 e. The van der Waals surface area contributed by atoms with Crippen LogP contribution in [-0.2, 0) is 0 Å². The minimum absolute atomic E-state index is 0.830. The fraction of sp³-hybridized carbons (Fsp3) is 1.00. The van der Waals surface area contributed by atoms with E-state index in [9.17, 15) is 0 Å².